The minimum absolute atomic E-state index is 0.455. The summed E-state index contributed by atoms with van der Waals surface area (Å²) in [6.45, 7) is 1.76. The largest absolute Gasteiger partial charge is 0.285 e. The van der Waals surface area contributed by atoms with Gasteiger partial charge in [0.05, 0.1) is 11.9 Å². The van der Waals surface area contributed by atoms with Crippen molar-refractivity contribution in [3.05, 3.63) is 59.4 Å². The molecular formula is C14H13F2N5. The van der Waals surface area contributed by atoms with Gasteiger partial charge < -0.3 is 0 Å². The average Bonchev–Trinajstić information content (AvgIpc) is 3.09. The number of H-pyrrole nitrogens is 1. The molecule has 0 aliphatic rings. The number of hydrogen-bond acceptors (Lipinski definition) is 3. The van der Waals surface area contributed by atoms with E-state index in [0.29, 0.717) is 23.8 Å². The Morgan fingerprint density at radius 2 is 2.05 bits per heavy atom. The Balaban J connectivity index is 1.89. The number of hydrogen-bond donors (Lipinski definition) is 1. The summed E-state index contributed by atoms with van der Waals surface area (Å²) in [7, 11) is 0. The number of halogens is 2. The highest BCUT2D eigenvalue weighted by Crippen LogP contribution is 2.15. The molecule has 0 amide bonds. The van der Waals surface area contributed by atoms with Gasteiger partial charge in [-0.05, 0) is 31.0 Å². The summed E-state index contributed by atoms with van der Waals surface area (Å²) in [6.07, 6.45) is 4.91. The molecule has 2 aromatic heterocycles. The topological polar surface area (TPSA) is 59.4 Å². The van der Waals surface area contributed by atoms with Gasteiger partial charge in [-0.15, -0.1) is 0 Å². The van der Waals surface area contributed by atoms with E-state index in [4.69, 9.17) is 0 Å². The molecule has 0 saturated heterocycles. The Hall–Kier alpha value is -2.57. The molecule has 0 unspecified atom stereocenters. The van der Waals surface area contributed by atoms with Crippen molar-refractivity contribution in [3.63, 3.8) is 0 Å². The molecule has 1 N–H and O–H groups in total. The number of nitrogens with one attached hydrogen (secondary N) is 1. The van der Waals surface area contributed by atoms with Crippen LogP contribution in [0.2, 0.25) is 0 Å². The number of aromatic amines is 1. The highest BCUT2D eigenvalue weighted by Gasteiger charge is 2.12. The van der Waals surface area contributed by atoms with E-state index >= 15 is 0 Å². The highest BCUT2D eigenvalue weighted by molar-refractivity contribution is 5.33. The van der Waals surface area contributed by atoms with Crippen molar-refractivity contribution in [2.75, 3.05) is 0 Å². The summed E-state index contributed by atoms with van der Waals surface area (Å²) < 4.78 is 27.9. The van der Waals surface area contributed by atoms with Crippen LogP contribution in [0.25, 0.3) is 5.69 Å². The Bertz CT molecular complexity index is 749. The zero-order valence-electron chi connectivity index (χ0n) is 11.3. The van der Waals surface area contributed by atoms with Gasteiger partial charge in [-0.2, -0.15) is 10.2 Å². The molecule has 21 heavy (non-hydrogen) atoms. The first-order valence-electron chi connectivity index (χ1n) is 6.49. The molecular weight excluding hydrogens is 276 g/mol. The van der Waals surface area contributed by atoms with E-state index in [2.05, 4.69) is 20.3 Å². The van der Waals surface area contributed by atoms with Gasteiger partial charge in [-0.25, -0.2) is 18.4 Å². The zero-order valence-corrected chi connectivity index (χ0v) is 11.3. The average molecular weight is 289 g/mol. The van der Waals surface area contributed by atoms with Crippen LogP contribution in [0.3, 0.4) is 0 Å². The summed E-state index contributed by atoms with van der Waals surface area (Å²) in [4.78, 5) is 4.34. The molecule has 3 rings (SSSR count). The van der Waals surface area contributed by atoms with Crippen molar-refractivity contribution < 1.29 is 8.78 Å². The predicted molar refractivity (Wildman–Crippen MR) is 72.0 cm³/mol. The Morgan fingerprint density at radius 1 is 1.19 bits per heavy atom. The lowest BCUT2D eigenvalue weighted by Crippen LogP contribution is -2.05. The number of benzene rings is 1. The first-order valence-corrected chi connectivity index (χ1v) is 6.49. The van der Waals surface area contributed by atoms with Crippen molar-refractivity contribution in [2.45, 2.75) is 19.8 Å². The summed E-state index contributed by atoms with van der Waals surface area (Å²) in [6, 6.07) is 3.68. The third kappa shape index (κ3) is 2.81. The van der Waals surface area contributed by atoms with Crippen molar-refractivity contribution in [1.82, 2.24) is 25.0 Å². The van der Waals surface area contributed by atoms with Gasteiger partial charge in [0, 0.05) is 18.7 Å². The van der Waals surface area contributed by atoms with Crippen LogP contribution in [0.4, 0.5) is 8.78 Å². The third-order valence-corrected chi connectivity index (χ3v) is 3.12. The van der Waals surface area contributed by atoms with Crippen LogP contribution in [-0.2, 0) is 12.8 Å². The standard InChI is InChI=1S/C14H13F2N5/c1-9-19-14(5-2-10-7-17-18-8-10)21(20-9)11-3-4-12(15)13(16)6-11/h3-4,6-8H,2,5H2,1H3,(H,17,18). The SMILES string of the molecule is Cc1nc(CCc2cn[nH]c2)n(-c2ccc(F)c(F)c2)n1. The van der Waals surface area contributed by atoms with Crippen LogP contribution >= 0.6 is 0 Å². The fourth-order valence-electron chi connectivity index (χ4n) is 2.11. The molecule has 0 aliphatic heterocycles. The van der Waals surface area contributed by atoms with E-state index in [-0.39, 0.29) is 0 Å². The van der Waals surface area contributed by atoms with E-state index in [9.17, 15) is 8.78 Å². The maximum atomic E-state index is 13.4. The van der Waals surface area contributed by atoms with Gasteiger partial charge >= 0.3 is 0 Å². The van der Waals surface area contributed by atoms with Crippen LogP contribution in [0.1, 0.15) is 17.2 Å². The second kappa shape index (κ2) is 5.43. The molecule has 0 aliphatic carbocycles. The second-order valence-corrected chi connectivity index (χ2v) is 4.69. The maximum Gasteiger partial charge on any atom is 0.160 e. The fraction of sp³-hybridized carbons (Fsp3) is 0.214. The first-order chi connectivity index (χ1) is 10.1. The number of aromatic nitrogens is 5. The molecule has 0 atom stereocenters. The molecule has 1 aromatic carbocycles. The van der Waals surface area contributed by atoms with Crippen LogP contribution < -0.4 is 0 Å². The molecule has 0 spiro atoms. The van der Waals surface area contributed by atoms with E-state index in [1.807, 2.05) is 6.20 Å². The third-order valence-electron chi connectivity index (χ3n) is 3.12. The van der Waals surface area contributed by atoms with E-state index in [0.717, 1.165) is 24.1 Å². The molecule has 108 valence electrons. The first kappa shape index (κ1) is 13.4. The monoisotopic (exact) mass is 289 g/mol. The van der Waals surface area contributed by atoms with Crippen LogP contribution in [-0.4, -0.2) is 25.0 Å². The lowest BCUT2D eigenvalue weighted by molar-refractivity contribution is 0.507. The van der Waals surface area contributed by atoms with Gasteiger partial charge in [0.25, 0.3) is 0 Å². The highest BCUT2D eigenvalue weighted by atomic mass is 19.2. The van der Waals surface area contributed by atoms with E-state index in [1.54, 1.807) is 13.1 Å². The fourth-order valence-corrected chi connectivity index (χ4v) is 2.11. The Morgan fingerprint density at radius 3 is 2.76 bits per heavy atom. The lowest BCUT2D eigenvalue weighted by Gasteiger charge is -2.06. The Kier molecular flexibility index (Phi) is 3.47. The Labute approximate surface area is 119 Å². The molecule has 0 radical (unpaired) electrons. The zero-order chi connectivity index (χ0) is 14.8. The molecule has 5 nitrogen and oxygen atoms in total. The minimum Gasteiger partial charge on any atom is -0.285 e. The molecule has 3 aromatic rings. The van der Waals surface area contributed by atoms with Crippen molar-refractivity contribution >= 4 is 0 Å². The molecule has 7 heteroatoms. The normalized spacial score (nSPS) is 11.0. The minimum atomic E-state index is -0.901. The summed E-state index contributed by atoms with van der Waals surface area (Å²) in [5, 5.41) is 10.9. The van der Waals surface area contributed by atoms with Gasteiger partial charge in [-0.3, -0.25) is 5.10 Å². The van der Waals surface area contributed by atoms with E-state index < -0.39 is 11.6 Å². The van der Waals surface area contributed by atoms with Crippen molar-refractivity contribution in [2.24, 2.45) is 0 Å². The number of aryl methyl sites for hydroxylation is 3. The van der Waals surface area contributed by atoms with Gasteiger partial charge in [-0.1, -0.05) is 0 Å². The van der Waals surface area contributed by atoms with Crippen LogP contribution in [0, 0.1) is 18.6 Å². The smallest absolute Gasteiger partial charge is 0.160 e. The van der Waals surface area contributed by atoms with Gasteiger partial charge in [0.1, 0.15) is 11.6 Å². The molecule has 2 heterocycles. The van der Waals surface area contributed by atoms with Gasteiger partial charge in [0.15, 0.2) is 11.6 Å². The molecule has 0 fully saturated rings. The lowest BCUT2D eigenvalue weighted by atomic mass is 10.2. The predicted octanol–water partition coefficient (Wildman–Crippen LogP) is 2.36. The van der Waals surface area contributed by atoms with E-state index in [1.165, 1.54) is 10.7 Å². The van der Waals surface area contributed by atoms with Crippen LogP contribution in [0.5, 0.6) is 0 Å². The quantitative estimate of drug-likeness (QED) is 0.802. The van der Waals surface area contributed by atoms with Crippen molar-refractivity contribution in [1.29, 1.82) is 0 Å². The summed E-state index contributed by atoms with van der Waals surface area (Å²) in [5.41, 5.74) is 1.50. The second-order valence-electron chi connectivity index (χ2n) is 4.69. The number of rotatable bonds is 4. The summed E-state index contributed by atoms with van der Waals surface area (Å²) >= 11 is 0. The maximum absolute atomic E-state index is 13.4. The van der Waals surface area contributed by atoms with Crippen LogP contribution in [0.15, 0.2) is 30.6 Å². The van der Waals surface area contributed by atoms with Crippen molar-refractivity contribution in [3.8, 4) is 5.69 Å². The number of nitrogens with zero attached hydrogens (tertiary/aromatic N) is 4. The summed E-state index contributed by atoms with van der Waals surface area (Å²) in [5.74, 6) is -0.501. The molecule has 0 saturated carbocycles. The van der Waals surface area contributed by atoms with Gasteiger partial charge in [0.2, 0.25) is 0 Å². The molecule has 0 bridgehead atoms.